The van der Waals surface area contributed by atoms with Gasteiger partial charge < -0.3 is 5.21 Å². The van der Waals surface area contributed by atoms with Crippen LogP contribution in [0.25, 0.3) is 0 Å². The summed E-state index contributed by atoms with van der Waals surface area (Å²) in [5.74, 6) is 3.57. The zero-order chi connectivity index (χ0) is 11.1. The fourth-order valence-corrected chi connectivity index (χ4v) is 1.05. The molecule has 0 saturated heterocycles. The van der Waals surface area contributed by atoms with E-state index in [0.29, 0.717) is 5.82 Å². The number of rotatable bonds is 3. The number of unbranched alkanes of at least 4 members (excludes halogenated alkanes) is 2. The molecule has 0 aliphatic rings. The zero-order valence-corrected chi connectivity index (χ0v) is 9.01. The van der Waals surface area contributed by atoms with E-state index in [1.807, 2.05) is 7.05 Å². The Morgan fingerprint density at radius 2 is 2.53 bits per heavy atom. The molecule has 1 aromatic heterocycles. The lowest BCUT2D eigenvalue weighted by Gasteiger charge is -1.81. The van der Waals surface area contributed by atoms with Crippen molar-refractivity contribution in [2.24, 2.45) is 12.2 Å². The minimum absolute atomic E-state index is 0.558. The number of oxime groups is 1. The minimum Gasteiger partial charge on any atom is -0.411 e. The van der Waals surface area contributed by atoms with Crippen LogP contribution in [0.4, 0.5) is 0 Å². The van der Waals surface area contributed by atoms with Gasteiger partial charge in [-0.25, -0.2) is 4.57 Å². The Bertz CT molecular complexity index is 397. The first-order valence-corrected chi connectivity index (χ1v) is 4.89. The van der Waals surface area contributed by atoms with Crippen LogP contribution < -0.4 is 4.57 Å². The fraction of sp³-hybridized carbons (Fsp3) is 0.500. The average molecular weight is 207 g/mol. The summed E-state index contributed by atoms with van der Waals surface area (Å²) in [6.45, 7) is 2.13. The molecule has 15 heavy (non-hydrogen) atoms. The predicted molar refractivity (Wildman–Crippen MR) is 55.5 cm³/mol. The maximum absolute atomic E-state index is 8.37. The van der Waals surface area contributed by atoms with Crippen molar-refractivity contribution in [3.63, 3.8) is 0 Å². The summed E-state index contributed by atoms with van der Waals surface area (Å²) in [6.07, 6.45) is 6.12. The molecule has 0 amide bonds. The second kappa shape index (κ2) is 5.81. The molecule has 80 valence electrons. The second-order valence-electron chi connectivity index (χ2n) is 3.17. The molecule has 1 rings (SSSR count). The van der Waals surface area contributed by atoms with Crippen LogP contribution in [0.3, 0.4) is 0 Å². The summed E-state index contributed by atoms with van der Waals surface area (Å²) in [6, 6.07) is 2.89. The summed E-state index contributed by atoms with van der Waals surface area (Å²) in [5, 5.41) is 15.4. The van der Waals surface area contributed by atoms with E-state index >= 15 is 0 Å². The molecular formula is C10H15N4O+. The van der Waals surface area contributed by atoms with E-state index < -0.39 is 0 Å². The summed E-state index contributed by atoms with van der Waals surface area (Å²) in [4.78, 5) is 0. The molecule has 0 saturated carbocycles. The van der Waals surface area contributed by atoms with Crippen molar-refractivity contribution in [1.29, 1.82) is 0 Å². The first-order chi connectivity index (χ1) is 7.27. The smallest absolute Gasteiger partial charge is 0.324 e. The highest BCUT2D eigenvalue weighted by molar-refractivity contribution is 5.71. The van der Waals surface area contributed by atoms with E-state index in [0.717, 1.165) is 19.3 Å². The molecule has 0 spiro atoms. The fourth-order valence-electron chi connectivity index (χ4n) is 1.05. The van der Waals surface area contributed by atoms with Crippen LogP contribution in [0.15, 0.2) is 11.5 Å². The molecule has 0 atom stereocenters. The number of hydrogen-bond donors (Lipinski definition) is 1. The van der Waals surface area contributed by atoms with E-state index in [2.05, 4.69) is 29.1 Å². The molecule has 1 aromatic rings. The highest BCUT2D eigenvalue weighted by Gasteiger charge is 2.09. The van der Waals surface area contributed by atoms with E-state index in [1.165, 1.54) is 10.9 Å². The normalized spacial score (nSPS) is 10.3. The van der Waals surface area contributed by atoms with Gasteiger partial charge in [0.25, 0.3) is 0 Å². The summed E-state index contributed by atoms with van der Waals surface area (Å²) in [5.41, 5.74) is 0. The standard InChI is InChI=1S/C10H14N4O/c1-3-4-5-6-7-14-9-13(2)10(12-14)8-11-15/h8-9H,3-5H2,1-2H3/p+1. The Balaban J connectivity index is 2.69. The van der Waals surface area contributed by atoms with Crippen molar-refractivity contribution in [2.75, 3.05) is 0 Å². The first kappa shape index (κ1) is 11.2. The zero-order valence-electron chi connectivity index (χ0n) is 9.01. The van der Waals surface area contributed by atoms with Crippen LogP contribution >= 0.6 is 0 Å². The highest BCUT2D eigenvalue weighted by Crippen LogP contribution is 1.90. The Labute approximate surface area is 89.0 Å². The van der Waals surface area contributed by atoms with Crippen LogP contribution in [0, 0.1) is 12.0 Å². The molecule has 0 aliphatic heterocycles. The van der Waals surface area contributed by atoms with Gasteiger partial charge in [0.15, 0.2) is 0 Å². The van der Waals surface area contributed by atoms with Gasteiger partial charge in [-0.3, -0.25) is 0 Å². The molecule has 0 fully saturated rings. The average Bonchev–Trinajstić information content (AvgIpc) is 2.55. The summed E-state index contributed by atoms with van der Waals surface area (Å²) in [7, 11) is 1.81. The molecule has 5 heteroatoms. The van der Waals surface area contributed by atoms with Crippen molar-refractivity contribution < 1.29 is 9.77 Å². The van der Waals surface area contributed by atoms with Crippen molar-refractivity contribution in [3.8, 4) is 12.0 Å². The second-order valence-corrected chi connectivity index (χ2v) is 3.17. The minimum atomic E-state index is 0.558. The third-order valence-electron chi connectivity index (χ3n) is 1.88. The van der Waals surface area contributed by atoms with E-state index in [1.54, 1.807) is 10.9 Å². The van der Waals surface area contributed by atoms with Gasteiger partial charge in [-0.05, 0) is 11.1 Å². The van der Waals surface area contributed by atoms with Gasteiger partial charge in [-0.1, -0.05) is 24.4 Å². The number of nitrogens with zero attached hydrogens (tertiary/aromatic N) is 4. The molecule has 0 bridgehead atoms. The Morgan fingerprint density at radius 3 is 3.20 bits per heavy atom. The maximum atomic E-state index is 8.37. The van der Waals surface area contributed by atoms with Gasteiger partial charge in [0, 0.05) is 6.42 Å². The van der Waals surface area contributed by atoms with Gasteiger partial charge in [0.2, 0.25) is 6.33 Å². The largest absolute Gasteiger partial charge is 0.411 e. The number of hydrogen-bond acceptors (Lipinski definition) is 3. The van der Waals surface area contributed by atoms with Crippen molar-refractivity contribution in [3.05, 3.63) is 12.2 Å². The lowest BCUT2D eigenvalue weighted by atomic mass is 10.3. The molecule has 0 unspecified atom stereocenters. The van der Waals surface area contributed by atoms with Crippen LogP contribution in [0.2, 0.25) is 0 Å². The molecular weight excluding hydrogens is 192 g/mol. The van der Waals surface area contributed by atoms with Gasteiger partial charge in [0.05, 0.1) is 12.1 Å². The topological polar surface area (TPSA) is 54.3 Å². The Morgan fingerprint density at radius 1 is 1.73 bits per heavy atom. The number of aryl methyl sites for hydroxylation is 1. The van der Waals surface area contributed by atoms with Crippen molar-refractivity contribution in [1.82, 2.24) is 9.78 Å². The molecule has 5 nitrogen and oxygen atoms in total. The molecule has 0 radical (unpaired) electrons. The Kier molecular flexibility index (Phi) is 4.35. The lowest BCUT2D eigenvalue weighted by molar-refractivity contribution is -0.672. The van der Waals surface area contributed by atoms with Crippen LogP contribution in [0.1, 0.15) is 32.0 Å². The SMILES string of the molecule is CCCCC#Cn1c[n+](C)c(C=NO)n1. The maximum Gasteiger partial charge on any atom is 0.324 e. The van der Waals surface area contributed by atoms with E-state index in [4.69, 9.17) is 5.21 Å². The molecule has 0 aliphatic carbocycles. The van der Waals surface area contributed by atoms with Gasteiger partial charge in [0.1, 0.15) is 12.3 Å². The monoisotopic (exact) mass is 207 g/mol. The third kappa shape index (κ3) is 3.43. The number of aromatic nitrogens is 3. The lowest BCUT2D eigenvalue weighted by Crippen LogP contribution is -2.30. The van der Waals surface area contributed by atoms with Crippen molar-refractivity contribution >= 4 is 6.21 Å². The third-order valence-corrected chi connectivity index (χ3v) is 1.88. The van der Waals surface area contributed by atoms with Gasteiger partial charge in [-0.15, -0.1) is 0 Å². The quantitative estimate of drug-likeness (QED) is 0.196. The van der Waals surface area contributed by atoms with E-state index in [-0.39, 0.29) is 0 Å². The Hall–Kier alpha value is -1.83. The van der Waals surface area contributed by atoms with Crippen molar-refractivity contribution in [2.45, 2.75) is 26.2 Å². The molecule has 1 heterocycles. The van der Waals surface area contributed by atoms with Crippen LogP contribution in [-0.2, 0) is 7.05 Å². The molecule has 0 aromatic carbocycles. The predicted octanol–water partition coefficient (Wildman–Crippen LogP) is 0.515. The van der Waals surface area contributed by atoms with Crippen LogP contribution in [-0.4, -0.2) is 21.2 Å². The summed E-state index contributed by atoms with van der Waals surface area (Å²) >= 11 is 0. The highest BCUT2D eigenvalue weighted by atomic mass is 16.4. The van der Waals surface area contributed by atoms with Gasteiger partial charge in [-0.2, -0.15) is 0 Å². The first-order valence-electron chi connectivity index (χ1n) is 4.89. The van der Waals surface area contributed by atoms with Gasteiger partial charge >= 0.3 is 5.82 Å². The molecule has 1 N–H and O–H groups in total. The van der Waals surface area contributed by atoms with Crippen LogP contribution in [0.5, 0.6) is 0 Å². The van der Waals surface area contributed by atoms with E-state index in [9.17, 15) is 0 Å². The summed E-state index contributed by atoms with van der Waals surface area (Å²) < 4.78 is 3.25.